The summed E-state index contributed by atoms with van der Waals surface area (Å²) in [5, 5.41) is 13.2. The second kappa shape index (κ2) is 5.86. The van der Waals surface area contributed by atoms with Crippen molar-refractivity contribution in [3.8, 4) is 0 Å². The maximum atomic E-state index is 12.1. The van der Waals surface area contributed by atoms with E-state index in [-0.39, 0.29) is 18.3 Å². The number of hydrogen-bond acceptors (Lipinski definition) is 3. The van der Waals surface area contributed by atoms with Crippen LogP contribution in [0.1, 0.15) is 21.7 Å². The van der Waals surface area contributed by atoms with E-state index < -0.39 is 0 Å². The van der Waals surface area contributed by atoms with Gasteiger partial charge in [-0.15, -0.1) is 12.4 Å². The first-order valence-electron chi connectivity index (χ1n) is 5.98. The van der Waals surface area contributed by atoms with E-state index in [1.54, 1.807) is 0 Å². The van der Waals surface area contributed by atoms with Gasteiger partial charge in [0.15, 0.2) is 5.69 Å². The predicted molar refractivity (Wildman–Crippen MR) is 75.6 cm³/mol. The van der Waals surface area contributed by atoms with Gasteiger partial charge in [-0.3, -0.25) is 9.89 Å². The Hall–Kier alpha value is -1.85. The normalized spacial score (nSPS) is 13.3. The molecule has 0 saturated carbocycles. The number of nitrogens with zero attached hydrogens (tertiary/aromatic N) is 1. The number of aromatic nitrogens is 2. The lowest BCUT2D eigenvalue weighted by Crippen LogP contribution is -2.25. The molecule has 2 aromatic rings. The molecule has 0 unspecified atom stereocenters. The quantitative estimate of drug-likeness (QED) is 0.783. The number of amides is 1. The zero-order chi connectivity index (χ0) is 12.4. The van der Waals surface area contributed by atoms with Crippen LogP contribution in [0.15, 0.2) is 30.3 Å². The van der Waals surface area contributed by atoms with Crippen LogP contribution in [-0.2, 0) is 13.0 Å². The van der Waals surface area contributed by atoms with Crippen LogP contribution in [0.5, 0.6) is 0 Å². The van der Waals surface area contributed by atoms with Gasteiger partial charge in [0.1, 0.15) is 0 Å². The third-order valence-electron chi connectivity index (χ3n) is 3.05. The van der Waals surface area contributed by atoms with Crippen LogP contribution in [0.3, 0.4) is 0 Å². The molecule has 0 saturated heterocycles. The number of carbonyl (C=O) groups excluding carboxylic acids is 1. The summed E-state index contributed by atoms with van der Waals surface area (Å²) in [6, 6.07) is 9.40. The Morgan fingerprint density at radius 1 is 1.26 bits per heavy atom. The molecule has 6 heteroatoms. The van der Waals surface area contributed by atoms with Crippen LogP contribution in [0.4, 0.5) is 5.69 Å². The zero-order valence-electron chi connectivity index (χ0n) is 10.3. The van der Waals surface area contributed by atoms with E-state index in [2.05, 4.69) is 20.8 Å². The number of halogens is 1. The third kappa shape index (κ3) is 2.77. The average Bonchev–Trinajstić information content (AvgIpc) is 2.84. The first-order valence-corrected chi connectivity index (χ1v) is 5.98. The molecule has 0 fully saturated rings. The molecule has 3 N–H and O–H groups in total. The minimum Gasteiger partial charge on any atom is -0.321 e. The molecule has 5 nitrogen and oxygen atoms in total. The van der Waals surface area contributed by atoms with E-state index in [0.717, 1.165) is 29.9 Å². The topological polar surface area (TPSA) is 69.8 Å². The molecule has 1 aliphatic heterocycles. The highest BCUT2D eigenvalue weighted by atomic mass is 35.5. The van der Waals surface area contributed by atoms with E-state index in [0.29, 0.717) is 12.2 Å². The fraction of sp³-hybridized carbons (Fsp3) is 0.231. The molecule has 0 spiro atoms. The average molecular weight is 279 g/mol. The van der Waals surface area contributed by atoms with Crippen molar-refractivity contribution in [1.82, 2.24) is 15.5 Å². The summed E-state index contributed by atoms with van der Waals surface area (Å²) in [6.45, 7) is 1.62. The van der Waals surface area contributed by atoms with Crippen molar-refractivity contribution in [3.63, 3.8) is 0 Å². The summed E-state index contributed by atoms with van der Waals surface area (Å²) in [5.41, 5.74) is 3.31. The van der Waals surface area contributed by atoms with Crippen molar-refractivity contribution in [1.29, 1.82) is 0 Å². The van der Waals surface area contributed by atoms with Gasteiger partial charge in [0.05, 0.1) is 0 Å². The largest absolute Gasteiger partial charge is 0.321 e. The summed E-state index contributed by atoms with van der Waals surface area (Å²) in [5.74, 6) is -0.164. The minimum absolute atomic E-state index is 0. The van der Waals surface area contributed by atoms with Crippen molar-refractivity contribution in [2.45, 2.75) is 13.0 Å². The van der Waals surface area contributed by atoms with Crippen molar-refractivity contribution >= 4 is 24.0 Å². The summed E-state index contributed by atoms with van der Waals surface area (Å²) < 4.78 is 0. The highest BCUT2D eigenvalue weighted by Gasteiger charge is 2.21. The first-order chi connectivity index (χ1) is 8.84. The molecule has 0 bridgehead atoms. The van der Waals surface area contributed by atoms with E-state index in [9.17, 15) is 4.79 Å². The smallest absolute Gasteiger partial charge is 0.276 e. The first kappa shape index (κ1) is 13.6. The third-order valence-corrected chi connectivity index (χ3v) is 3.05. The Labute approximate surface area is 117 Å². The monoisotopic (exact) mass is 278 g/mol. The lowest BCUT2D eigenvalue weighted by molar-refractivity contribution is 0.102. The van der Waals surface area contributed by atoms with E-state index in [4.69, 9.17) is 0 Å². The molecule has 0 aliphatic carbocycles. The van der Waals surface area contributed by atoms with E-state index >= 15 is 0 Å². The molecule has 1 amide bonds. The Morgan fingerprint density at radius 3 is 2.84 bits per heavy atom. The number of carbonyl (C=O) groups is 1. The van der Waals surface area contributed by atoms with Crippen molar-refractivity contribution in [2.24, 2.45) is 0 Å². The van der Waals surface area contributed by atoms with Gasteiger partial charge in [-0.1, -0.05) is 18.2 Å². The molecule has 2 heterocycles. The zero-order valence-corrected chi connectivity index (χ0v) is 11.1. The molecule has 1 aliphatic rings. The Morgan fingerprint density at radius 2 is 2.05 bits per heavy atom. The minimum atomic E-state index is -0.164. The number of H-pyrrole nitrogens is 1. The summed E-state index contributed by atoms with van der Waals surface area (Å²) in [6.07, 6.45) is 0.890. The van der Waals surface area contributed by atoms with Gasteiger partial charge in [-0.05, 0) is 12.1 Å². The van der Waals surface area contributed by atoms with Crippen LogP contribution in [0.2, 0.25) is 0 Å². The fourth-order valence-corrected chi connectivity index (χ4v) is 2.12. The molecule has 0 atom stereocenters. The second-order valence-electron chi connectivity index (χ2n) is 4.28. The van der Waals surface area contributed by atoms with E-state index in [1.165, 1.54) is 0 Å². The van der Waals surface area contributed by atoms with Crippen LogP contribution in [0.25, 0.3) is 0 Å². The van der Waals surface area contributed by atoms with Crippen LogP contribution in [0, 0.1) is 0 Å². The molecule has 100 valence electrons. The molecule has 0 radical (unpaired) electrons. The summed E-state index contributed by atoms with van der Waals surface area (Å²) >= 11 is 0. The van der Waals surface area contributed by atoms with Gasteiger partial charge in [0.25, 0.3) is 5.91 Å². The van der Waals surface area contributed by atoms with Gasteiger partial charge in [-0.25, -0.2) is 0 Å². The molecule has 3 rings (SSSR count). The molecule has 1 aromatic carbocycles. The second-order valence-corrected chi connectivity index (χ2v) is 4.28. The van der Waals surface area contributed by atoms with Crippen molar-refractivity contribution in [3.05, 3.63) is 47.3 Å². The highest BCUT2D eigenvalue weighted by Crippen LogP contribution is 2.16. The summed E-state index contributed by atoms with van der Waals surface area (Å²) in [7, 11) is 0. The molecular formula is C13H15ClN4O. The Bertz CT molecular complexity index is 567. The number of para-hydroxylation sites is 1. The molecule has 19 heavy (non-hydrogen) atoms. The van der Waals surface area contributed by atoms with Gasteiger partial charge in [0, 0.05) is 36.5 Å². The van der Waals surface area contributed by atoms with Crippen LogP contribution < -0.4 is 10.6 Å². The SMILES string of the molecule is Cl.O=C(Nc1ccccc1)c1n[nH]c2c1CNCC2. The van der Waals surface area contributed by atoms with Crippen LogP contribution >= 0.6 is 12.4 Å². The van der Waals surface area contributed by atoms with E-state index in [1.807, 2.05) is 30.3 Å². The number of benzene rings is 1. The number of aromatic amines is 1. The Balaban J connectivity index is 0.00000133. The predicted octanol–water partition coefficient (Wildman–Crippen LogP) is 1.73. The van der Waals surface area contributed by atoms with Gasteiger partial charge in [-0.2, -0.15) is 5.10 Å². The fourth-order valence-electron chi connectivity index (χ4n) is 2.12. The van der Waals surface area contributed by atoms with Gasteiger partial charge < -0.3 is 10.6 Å². The molecular weight excluding hydrogens is 264 g/mol. The van der Waals surface area contributed by atoms with Gasteiger partial charge >= 0.3 is 0 Å². The van der Waals surface area contributed by atoms with Crippen molar-refractivity contribution in [2.75, 3.05) is 11.9 Å². The number of fused-ring (bicyclic) bond motifs is 1. The highest BCUT2D eigenvalue weighted by molar-refractivity contribution is 6.04. The number of anilines is 1. The maximum Gasteiger partial charge on any atom is 0.276 e. The maximum absolute atomic E-state index is 12.1. The van der Waals surface area contributed by atoms with Crippen molar-refractivity contribution < 1.29 is 4.79 Å². The van der Waals surface area contributed by atoms with Crippen LogP contribution in [-0.4, -0.2) is 22.6 Å². The summed E-state index contributed by atoms with van der Waals surface area (Å²) in [4.78, 5) is 12.1. The standard InChI is InChI=1S/C13H14N4O.ClH/c18-13(15-9-4-2-1-3-5-9)12-10-8-14-7-6-11(10)16-17-12;/h1-5,14H,6-8H2,(H,15,18)(H,16,17);1H. The number of nitrogens with one attached hydrogen (secondary N) is 3. The van der Waals surface area contributed by atoms with Gasteiger partial charge in [0.2, 0.25) is 0 Å². The Kier molecular flexibility index (Phi) is 4.19. The lowest BCUT2D eigenvalue weighted by atomic mass is 10.1. The lowest BCUT2D eigenvalue weighted by Gasteiger charge is -2.12. The molecule has 1 aromatic heterocycles. The number of rotatable bonds is 2. The number of hydrogen-bond donors (Lipinski definition) is 3.